The Bertz CT molecular complexity index is 700. The van der Waals surface area contributed by atoms with Crippen LogP contribution >= 0.6 is 15.9 Å². The average Bonchev–Trinajstić information content (AvgIpc) is 3.01. The lowest BCUT2D eigenvalue weighted by molar-refractivity contribution is -0.121. The first kappa shape index (κ1) is 15.9. The lowest BCUT2D eigenvalue weighted by Crippen LogP contribution is -2.26. The van der Waals surface area contributed by atoms with Crippen LogP contribution in [0, 0.1) is 0 Å². The van der Waals surface area contributed by atoms with Crippen molar-refractivity contribution in [3.63, 3.8) is 0 Å². The molecule has 0 spiro atoms. The number of halogens is 1. The highest BCUT2D eigenvalue weighted by molar-refractivity contribution is 9.10. The number of aryl methyl sites for hydroxylation is 1. The third-order valence-corrected chi connectivity index (χ3v) is 4.35. The van der Waals surface area contributed by atoms with Crippen LogP contribution in [0.4, 0.5) is 0 Å². The highest BCUT2D eigenvalue weighted by atomic mass is 79.9. The van der Waals surface area contributed by atoms with Gasteiger partial charge < -0.3 is 14.8 Å². The van der Waals surface area contributed by atoms with Gasteiger partial charge in [-0.05, 0) is 48.7 Å². The summed E-state index contributed by atoms with van der Waals surface area (Å²) in [6.45, 7) is 2.26. The van der Waals surface area contributed by atoms with E-state index >= 15 is 0 Å². The maximum Gasteiger partial charge on any atom is 0.231 e. The Hall–Kier alpha value is -2.01. The van der Waals surface area contributed by atoms with Gasteiger partial charge in [-0.2, -0.15) is 0 Å². The van der Waals surface area contributed by atoms with Gasteiger partial charge in [0.2, 0.25) is 12.7 Å². The van der Waals surface area contributed by atoms with Crippen LogP contribution in [0.1, 0.15) is 30.5 Å². The van der Waals surface area contributed by atoms with Crippen LogP contribution in [-0.4, -0.2) is 12.7 Å². The number of benzene rings is 2. The number of hydrogen-bond acceptors (Lipinski definition) is 3. The first-order chi connectivity index (χ1) is 11.1. The molecular formula is C18H18BrNO3. The Labute approximate surface area is 143 Å². The normalized spacial score (nSPS) is 13.7. The number of ether oxygens (including phenoxy) is 2. The van der Waals surface area contributed by atoms with Gasteiger partial charge in [-0.25, -0.2) is 0 Å². The van der Waals surface area contributed by atoms with Gasteiger partial charge >= 0.3 is 0 Å². The summed E-state index contributed by atoms with van der Waals surface area (Å²) in [6, 6.07) is 13.8. The van der Waals surface area contributed by atoms with Crippen molar-refractivity contribution >= 4 is 21.8 Å². The maximum atomic E-state index is 12.1. The quantitative estimate of drug-likeness (QED) is 0.859. The highest BCUT2D eigenvalue weighted by Gasteiger charge is 2.14. The SMILES string of the molecule is CC(NC(=O)CCc1ccc2c(c1)OCO2)c1ccc(Br)cc1. The van der Waals surface area contributed by atoms with E-state index in [9.17, 15) is 4.79 Å². The van der Waals surface area contributed by atoms with E-state index in [1.54, 1.807) is 0 Å². The molecule has 1 aliphatic heterocycles. The molecule has 0 saturated carbocycles. The van der Waals surface area contributed by atoms with Crippen LogP contribution in [0.15, 0.2) is 46.9 Å². The van der Waals surface area contributed by atoms with Crippen LogP contribution in [0.3, 0.4) is 0 Å². The fourth-order valence-corrected chi connectivity index (χ4v) is 2.77. The molecule has 1 unspecified atom stereocenters. The van der Waals surface area contributed by atoms with E-state index in [2.05, 4.69) is 21.2 Å². The molecule has 0 fully saturated rings. The molecule has 120 valence electrons. The van der Waals surface area contributed by atoms with Crippen LogP contribution < -0.4 is 14.8 Å². The van der Waals surface area contributed by atoms with E-state index < -0.39 is 0 Å². The zero-order valence-electron chi connectivity index (χ0n) is 12.8. The number of rotatable bonds is 5. The Morgan fingerprint density at radius 3 is 2.70 bits per heavy atom. The minimum atomic E-state index is -0.00708. The van der Waals surface area contributed by atoms with E-state index in [4.69, 9.17) is 9.47 Å². The predicted molar refractivity (Wildman–Crippen MR) is 91.6 cm³/mol. The summed E-state index contributed by atoms with van der Waals surface area (Å²) >= 11 is 3.41. The fourth-order valence-electron chi connectivity index (χ4n) is 2.50. The summed E-state index contributed by atoms with van der Waals surface area (Å²) in [5, 5.41) is 3.03. The molecule has 2 aromatic rings. The summed E-state index contributed by atoms with van der Waals surface area (Å²) in [7, 11) is 0. The second-order valence-corrected chi connectivity index (χ2v) is 6.44. The lowest BCUT2D eigenvalue weighted by atomic mass is 10.1. The van der Waals surface area contributed by atoms with Crippen molar-refractivity contribution in [2.24, 2.45) is 0 Å². The van der Waals surface area contributed by atoms with Gasteiger partial charge in [-0.3, -0.25) is 4.79 Å². The van der Waals surface area contributed by atoms with Gasteiger partial charge in [0, 0.05) is 10.9 Å². The van der Waals surface area contributed by atoms with Gasteiger partial charge in [0.1, 0.15) is 0 Å². The zero-order valence-corrected chi connectivity index (χ0v) is 14.4. The number of carbonyl (C=O) groups is 1. The van der Waals surface area contributed by atoms with Crippen molar-refractivity contribution in [2.75, 3.05) is 6.79 Å². The topological polar surface area (TPSA) is 47.6 Å². The lowest BCUT2D eigenvalue weighted by Gasteiger charge is -2.14. The molecule has 1 amide bonds. The molecule has 1 heterocycles. The van der Waals surface area contributed by atoms with Crippen molar-refractivity contribution < 1.29 is 14.3 Å². The maximum absolute atomic E-state index is 12.1. The van der Waals surface area contributed by atoms with Crippen LogP contribution in [-0.2, 0) is 11.2 Å². The summed E-state index contributed by atoms with van der Waals surface area (Å²) < 4.78 is 11.7. The van der Waals surface area contributed by atoms with Crippen molar-refractivity contribution in [2.45, 2.75) is 25.8 Å². The highest BCUT2D eigenvalue weighted by Crippen LogP contribution is 2.32. The molecule has 0 radical (unpaired) electrons. The smallest absolute Gasteiger partial charge is 0.231 e. The third kappa shape index (κ3) is 4.05. The third-order valence-electron chi connectivity index (χ3n) is 3.83. The number of amides is 1. The second kappa shape index (κ2) is 7.04. The predicted octanol–water partition coefficient (Wildman–Crippen LogP) is 3.99. The summed E-state index contributed by atoms with van der Waals surface area (Å²) in [5.74, 6) is 1.56. The molecule has 0 saturated heterocycles. The number of hydrogen-bond donors (Lipinski definition) is 1. The minimum Gasteiger partial charge on any atom is -0.454 e. The van der Waals surface area contributed by atoms with E-state index in [0.29, 0.717) is 12.8 Å². The number of nitrogens with one attached hydrogen (secondary N) is 1. The average molecular weight is 376 g/mol. The Morgan fingerprint density at radius 1 is 1.17 bits per heavy atom. The molecule has 3 rings (SSSR count). The molecule has 23 heavy (non-hydrogen) atoms. The summed E-state index contributed by atoms with van der Waals surface area (Å²) in [6.07, 6.45) is 1.12. The minimum absolute atomic E-state index is 0.00708. The van der Waals surface area contributed by atoms with Gasteiger partial charge in [0.25, 0.3) is 0 Å². The molecule has 1 N–H and O–H groups in total. The van der Waals surface area contributed by atoms with Crippen molar-refractivity contribution in [3.8, 4) is 11.5 Å². The van der Waals surface area contributed by atoms with E-state index in [1.807, 2.05) is 49.4 Å². The largest absolute Gasteiger partial charge is 0.454 e. The van der Waals surface area contributed by atoms with E-state index in [-0.39, 0.29) is 18.7 Å². The van der Waals surface area contributed by atoms with Gasteiger partial charge in [0.15, 0.2) is 11.5 Å². The Morgan fingerprint density at radius 2 is 1.91 bits per heavy atom. The van der Waals surface area contributed by atoms with Gasteiger partial charge in [0.05, 0.1) is 6.04 Å². The molecule has 0 aliphatic carbocycles. The molecule has 5 heteroatoms. The number of fused-ring (bicyclic) bond motifs is 1. The van der Waals surface area contributed by atoms with E-state index in [0.717, 1.165) is 27.1 Å². The first-order valence-electron chi connectivity index (χ1n) is 7.55. The zero-order chi connectivity index (χ0) is 16.2. The molecule has 0 aromatic heterocycles. The van der Waals surface area contributed by atoms with Crippen LogP contribution in [0.5, 0.6) is 11.5 Å². The summed E-state index contributed by atoms with van der Waals surface area (Å²) in [4.78, 5) is 12.1. The van der Waals surface area contributed by atoms with Crippen molar-refractivity contribution in [1.82, 2.24) is 5.32 Å². The molecule has 0 bridgehead atoms. The molecule has 2 aromatic carbocycles. The standard InChI is InChI=1S/C18H18BrNO3/c1-12(14-4-6-15(19)7-5-14)20-18(21)9-3-13-2-8-16-17(10-13)23-11-22-16/h2,4-8,10,12H,3,9,11H2,1H3,(H,20,21). The molecule has 1 aliphatic rings. The number of carbonyl (C=O) groups excluding carboxylic acids is 1. The summed E-state index contributed by atoms with van der Waals surface area (Å²) in [5.41, 5.74) is 2.16. The first-order valence-corrected chi connectivity index (χ1v) is 8.34. The fraction of sp³-hybridized carbons (Fsp3) is 0.278. The van der Waals surface area contributed by atoms with E-state index in [1.165, 1.54) is 0 Å². The second-order valence-electron chi connectivity index (χ2n) is 5.53. The van der Waals surface area contributed by atoms with Gasteiger partial charge in [-0.1, -0.05) is 34.1 Å². The van der Waals surface area contributed by atoms with Crippen molar-refractivity contribution in [3.05, 3.63) is 58.1 Å². The molecular weight excluding hydrogens is 358 g/mol. The molecule has 1 atom stereocenters. The van der Waals surface area contributed by atoms with Crippen molar-refractivity contribution in [1.29, 1.82) is 0 Å². The van der Waals surface area contributed by atoms with Crippen LogP contribution in [0.25, 0.3) is 0 Å². The Kier molecular flexibility index (Phi) is 4.86. The van der Waals surface area contributed by atoms with Gasteiger partial charge in [-0.15, -0.1) is 0 Å². The van der Waals surface area contributed by atoms with Crippen LogP contribution in [0.2, 0.25) is 0 Å². The molecule has 4 nitrogen and oxygen atoms in total. The monoisotopic (exact) mass is 375 g/mol. The Balaban J connectivity index is 1.52.